The van der Waals surface area contributed by atoms with Gasteiger partial charge in [-0.2, -0.15) is 13.2 Å². The summed E-state index contributed by atoms with van der Waals surface area (Å²) in [6.07, 6.45) is -2.14. The third kappa shape index (κ3) is 4.71. The number of piperidine rings is 1. The van der Waals surface area contributed by atoms with Crippen LogP contribution in [0.3, 0.4) is 0 Å². The van der Waals surface area contributed by atoms with Gasteiger partial charge in [0.05, 0.1) is 5.56 Å². The van der Waals surface area contributed by atoms with E-state index in [0.29, 0.717) is 6.42 Å². The lowest BCUT2D eigenvalue weighted by molar-refractivity contribution is -0.138. The second kappa shape index (κ2) is 6.79. The maximum atomic E-state index is 12.8. The van der Waals surface area contributed by atoms with E-state index in [9.17, 15) is 18.0 Å². The first-order chi connectivity index (χ1) is 9.86. The van der Waals surface area contributed by atoms with Crippen molar-refractivity contribution >= 4 is 27.5 Å². The number of amides is 1. The van der Waals surface area contributed by atoms with Crippen LogP contribution in [0.4, 0.5) is 18.9 Å². The van der Waals surface area contributed by atoms with E-state index in [1.54, 1.807) is 0 Å². The monoisotopic (exact) mass is 364 g/mol. The lowest BCUT2D eigenvalue weighted by Crippen LogP contribution is -2.32. The molecule has 1 aliphatic heterocycles. The lowest BCUT2D eigenvalue weighted by atomic mass is 9.96. The van der Waals surface area contributed by atoms with Gasteiger partial charge in [-0.15, -0.1) is 0 Å². The molecule has 1 fully saturated rings. The van der Waals surface area contributed by atoms with Crippen LogP contribution in [0, 0.1) is 5.92 Å². The zero-order valence-corrected chi connectivity index (χ0v) is 12.9. The molecule has 1 atom stereocenters. The van der Waals surface area contributed by atoms with E-state index in [1.807, 2.05) is 0 Å². The normalized spacial score (nSPS) is 19.3. The Hall–Kier alpha value is -1.08. The quantitative estimate of drug-likeness (QED) is 0.856. The van der Waals surface area contributed by atoms with Crippen LogP contribution in [0.2, 0.25) is 0 Å². The highest BCUT2D eigenvalue weighted by atomic mass is 79.9. The van der Waals surface area contributed by atoms with Crippen LogP contribution >= 0.6 is 15.9 Å². The summed E-state index contributed by atoms with van der Waals surface area (Å²) in [7, 11) is 0. The maximum Gasteiger partial charge on any atom is 0.417 e. The second-order valence-electron chi connectivity index (χ2n) is 5.16. The molecular weight excluding hydrogens is 349 g/mol. The zero-order valence-electron chi connectivity index (χ0n) is 11.3. The summed E-state index contributed by atoms with van der Waals surface area (Å²) in [5, 5.41) is 5.75. The van der Waals surface area contributed by atoms with Gasteiger partial charge < -0.3 is 10.6 Å². The number of hydrogen-bond donors (Lipinski definition) is 2. The molecule has 1 saturated heterocycles. The Bertz CT molecular complexity index is 513. The number of benzene rings is 1. The van der Waals surface area contributed by atoms with E-state index in [2.05, 4.69) is 26.6 Å². The zero-order chi connectivity index (χ0) is 15.5. The van der Waals surface area contributed by atoms with E-state index < -0.39 is 11.7 Å². The van der Waals surface area contributed by atoms with Gasteiger partial charge in [0.25, 0.3) is 0 Å². The van der Waals surface area contributed by atoms with E-state index in [0.717, 1.165) is 32.0 Å². The molecule has 0 saturated carbocycles. The van der Waals surface area contributed by atoms with Crippen molar-refractivity contribution < 1.29 is 18.0 Å². The SMILES string of the molecule is O=C(CC1CCCNC1)Nc1ccc(Br)c(C(F)(F)F)c1. The van der Waals surface area contributed by atoms with Crippen molar-refractivity contribution in [2.24, 2.45) is 5.92 Å². The van der Waals surface area contributed by atoms with Crippen LogP contribution in [0.25, 0.3) is 0 Å². The van der Waals surface area contributed by atoms with Crippen molar-refractivity contribution in [3.63, 3.8) is 0 Å². The molecular formula is C14H16BrF3N2O. The van der Waals surface area contributed by atoms with Crippen LogP contribution in [-0.2, 0) is 11.0 Å². The molecule has 2 N–H and O–H groups in total. The number of halogens is 4. The van der Waals surface area contributed by atoms with Gasteiger partial charge in [0.2, 0.25) is 5.91 Å². The molecule has 1 aromatic rings. The minimum atomic E-state index is -4.45. The average molecular weight is 365 g/mol. The highest BCUT2D eigenvalue weighted by Crippen LogP contribution is 2.36. The maximum absolute atomic E-state index is 12.8. The van der Waals surface area contributed by atoms with E-state index >= 15 is 0 Å². The minimum absolute atomic E-state index is 0.0375. The van der Waals surface area contributed by atoms with Gasteiger partial charge >= 0.3 is 6.18 Å². The number of carbonyl (C=O) groups is 1. The summed E-state index contributed by atoms with van der Waals surface area (Å²) in [6.45, 7) is 1.74. The molecule has 2 rings (SSSR count). The van der Waals surface area contributed by atoms with Crippen molar-refractivity contribution in [3.05, 3.63) is 28.2 Å². The Balaban J connectivity index is 2.00. The van der Waals surface area contributed by atoms with Gasteiger partial charge in [-0.3, -0.25) is 4.79 Å². The van der Waals surface area contributed by atoms with Crippen LogP contribution in [0.1, 0.15) is 24.8 Å². The van der Waals surface area contributed by atoms with E-state index in [4.69, 9.17) is 0 Å². The summed E-state index contributed by atoms with van der Waals surface area (Å²) in [6, 6.07) is 3.69. The van der Waals surface area contributed by atoms with Crippen molar-refractivity contribution in [3.8, 4) is 0 Å². The van der Waals surface area contributed by atoms with Gasteiger partial charge in [0.1, 0.15) is 0 Å². The van der Waals surface area contributed by atoms with Crippen LogP contribution in [-0.4, -0.2) is 19.0 Å². The first kappa shape index (κ1) is 16.3. The molecule has 21 heavy (non-hydrogen) atoms. The molecule has 0 bridgehead atoms. The Labute approximate surface area is 129 Å². The summed E-state index contributed by atoms with van der Waals surface area (Å²) in [5.41, 5.74) is -0.626. The number of alkyl halides is 3. The number of rotatable bonds is 3. The first-order valence-corrected chi connectivity index (χ1v) is 7.53. The topological polar surface area (TPSA) is 41.1 Å². The summed E-state index contributed by atoms with van der Waals surface area (Å²) in [5.74, 6) is -0.00423. The molecule has 0 aliphatic carbocycles. The molecule has 3 nitrogen and oxygen atoms in total. The second-order valence-corrected chi connectivity index (χ2v) is 6.01. The highest BCUT2D eigenvalue weighted by Gasteiger charge is 2.33. The molecule has 1 aliphatic rings. The smallest absolute Gasteiger partial charge is 0.326 e. The van der Waals surface area contributed by atoms with E-state index in [-0.39, 0.29) is 22.0 Å². The number of hydrogen-bond acceptors (Lipinski definition) is 2. The molecule has 1 aromatic carbocycles. The fourth-order valence-electron chi connectivity index (χ4n) is 2.39. The van der Waals surface area contributed by atoms with Gasteiger partial charge in [-0.05, 0) is 50.0 Å². The van der Waals surface area contributed by atoms with Gasteiger partial charge in [0, 0.05) is 16.6 Å². The molecule has 0 aromatic heterocycles. The molecule has 1 heterocycles. The molecule has 0 radical (unpaired) electrons. The van der Waals surface area contributed by atoms with Gasteiger partial charge in [-0.25, -0.2) is 0 Å². The number of carbonyl (C=O) groups excluding carboxylic acids is 1. The summed E-state index contributed by atoms with van der Waals surface area (Å²) in [4.78, 5) is 11.9. The number of nitrogens with one attached hydrogen (secondary N) is 2. The summed E-state index contributed by atoms with van der Waals surface area (Å²) < 4.78 is 38.3. The average Bonchev–Trinajstić information content (AvgIpc) is 2.41. The third-order valence-electron chi connectivity index (χ3n) is 3.43. The molecule has 7 heteroatoms. The minimum Gasteiger partial charge on any atom is -0.326 e. The Morgan fingerprint density at radius 2 is 2.19 bits per heavy atom. The van der Waals surface area contributed by atoms with Crippen LogP contribution < -0.4 is 10.6 Å². The lowest BCUT2D eigenvalue weighted by Gasteiger charge is -2.22. The molecule has 116 valence electrons. The molecule has 1 amide bonds. The first-order valence-electron chi connectivity index (χ1n) is 6.73. The predicted molar refractivity (Wildman–Crippen MR) is 78.0 cm³/mol. The van der Waals surface area contributed by atoms with Crippen molar-refractivity contribution in [2.45, 2.75) is 25.4 Å². The third-order valence-corrected chi connectivity index (χ3v) is 4.12. The van der Waals surface area contributed by atoms with Gasteiger partial charge in [0.15, 0.2) is 0 Å². The highest BCUT2D eigenvalue weighted by molar-refractivity contribution is 9.10. The Morgan fingerprint density at radius 1 is 1.43 bits per heavy atom. The summed E-state index contributed by atoms with van der Waals surface area (Å²) >= 11 is 2.87. The Morgan fingerprint density at radius 3 is 2.81 bits per heavy atom. The van der Waals surface area contributed by atoms with Crippen molar-refractivity contribution in [1.82, 2.24) is 5.32 Å². The van der Waals surface area contributed by atoms with Crippen molar-refractivity contribution in [1.29, 1.82) is 0 Å². The van der Waals surface area contributed by atoms with Crippen molar-refractivity contribution in [2.75, 3.05) is 18.4 Å². The fourth-order valence-corrected chi connectivity index (χ4v) is 2.86. The van der Waals surface area contributed by atoms with Crippen LogP contribution in [0.5, 0.6) is 0 Å². The largest absolute Gasteiger partial charge is 0.417 e. The molecule has 1 unspecified atom stereocenters. The standard InChI is InChI=1S/C14H16BrF3N2O/c15-12-4-3-10(7-11(12)14(16,17)18)20-13(21)6-9-2-1-5-19-8-9/h3-4,7,9,19H,1-2,5-6,8H2,(H,20,21). The van der Waals surface area contributed by atoms with E-state index in [1.165, 1.54) is 12.1 Å². The van der Waals surface area contributed by atoms with Crippen LogP contribution in [0.15, 0.2) is 22.7 Å². The van der Waals surface area contributed by atoms with Gasteiger partial charge in [-0.1, -0.05) is 15.9 Å². The molecule has 0 spiro atoms. The number of anilines is 1. The Kier molecular flexibility index (Phi) is 5.27. The fraction of sp³-hybridized carbons (Fsp3) is 0.500. The predicted octanol–water partition coefficient (Wildman–Crippen LogP) is 3.80.